The van der Waals surface area contributed by atoms with Crippen LogP contribution in [0.1, 0.15) is 18.3 Å². The molecule has 0 spiro atoms. The summed E-state index contributed by atoms with van der Waals surface area (Å²) in [5, 5.41) is 4.63. The Morgan fingerprint density at radius 1 is 1.00 bits per heavy atom. The van der Waals surface area contributed by atoms with Gasteiger partial charge in [0.1, 0.15) is 0 Å². The number of fused-ring (bicyclic) bond motifs is 1. The number of para-hydroxylation sites is 1. The minimum absolute atomic E-state index is 0.720. The van der Waals surface area contributed by atoms with Crippen molar-refractivity contribution in [3.63, 3.8) is 0 Å². The van der Waals surface area contributed by atoms with Crippen molar-refractivity contribution in [3.8, 4) is 0 Å². The largest absolute Gasteiger partial charge is 0.379 e. The van der Waals surface area contributed by atoms with Gasteiger partial charge in [-0.3, -0.25) is 9.97 Å². The topological polar surface area (TPSA) is 37.8 Å². The van der Waals surface area contributed by atoms with Gasteiger partial charge in [0, 0.05) is 23.0 Å². The number of hydrogen-bond donors (Lipinski definition) is 1. The Morgan fingerprint density at radius 2 is 1.85 bits per heavy atom. The fourth-order valence-electron chi connectivity index (χ4n) is 2.25. The van der Waals surface area contributed by atoms with E-state index in [2.05, 4.69) is 40.4 Å². The minimum atomic E-state index is 0.720. The number of aromatic nitrogens is 2. The van der Waals surface area contributed by atoms with Crippen LogP contribution in [0.2, 0.25) is 0 Å². The number of anilines is 1. The van der Waals surface area contributed by atoms with E-state index in [1.807, 2.05) is 36.5 Å². The highest BCUT2D eigenvalue weighted by Gasteiger charge is 2.04. The Hall–Kier alpha value is -2.42. The first-order chi connectivity index (χ1) is 9.86. The molecule has 20 heavy (non-hydrogen) atoms. The summed E-state index contributed by atoms with van der Waals surface area (Å²) < 4.78 is 0. The number of aryl methyl sites for hydroxylation is 1. The maximum absolute atomic E-state index is 4.65. The first-order valence-corrected chi connectivity index (χ1v) is 6.89. The van der Waals surface area contributed by atoms with Gasteiger partial charge < -0.3 is 5.32 Å². The third kappa shape index (κ3) is 2.62. The molecule has 2 heterocycles. The van der Waals surface area contributed by atoms with Gasteiger partial charge in [0.15, 0.2) is 0 Å². The predicted molar refractivity (Wildman–Crippen MR) is 82.7 cm³/mol. The number of nitrogens with zero attached hydrogens (tertiary/aromatic N) is 2. The summed E-state index contributed by atoms with van der Waals surface area (Å²) in [5.41, 5.74) is 4.30. The molecular formula is C17H17N3. The SMILES string of the molecule is CCc1cc(NCc2ccccn2)c2ccccc2n1. The molecule has 100 valence electrons. The summed E-state index contributed by atoms with van der Waals surface area (Å²) in [4.78, 5) is 8.99. The van der Waals surface area contributed by atoms with Crippen LogP contribution in [0.3, 0.4) is 0 Å². The molecule has 3 aromatic rings. The van der Waals surface area contributed by atoms with Crippen LogP contribution >= 0.6 is 0 Å². The van der Waals surface area contributed by atoms with E-state index in [4.69, 9.17) is 0 Å². The molecule has 0 saturated carbocycles. The molecule has 2 aromatic heterocycles. The summed E-state index contributed by atoms with van der Waals surface area (Å²) >= 11 is 0. The molecule has 0 aliphatic carbocycles. The monoisotopic (exact) mass is 263 g/mol. The molecule has 0 bridgehead atoms. The Labute approximate surface area is 118 Å². The predicted octanol–water partition coefficient (Wildman–Crippen LogP) is 3.80. The Morgan fingerprint density at radius 3 is 2.65 bits per heavy atom. The van der Waals surface area contributed by atoms with E-state index in [0.29, 0.717) is 0 Å². The van der Waals surface area contributed by atoms with Gasteiger partial charge >= 0.3 is 0 Å². The molecule has 3 heteroatoms. The van der Waals surface area contributed by atoms with Crippen LogP contribution in [0.25, 0.3) is 10.9 Å². The van der Waals surface area contributed by atoms with Crippen LogP contribution < -0.4 is 5.32 Å². The van der Waals surface area contributed by atoms with E-state index >= 15 is 0 Å². The molecule has 3 rings (SSSR count). The normalized spacial score (nSPS) is 10.7. The van der Waals surface area contributed by atoms with E-state index in [0.717, 1.165) is 40.9 Å². The first-order valence-electron chi connectivity index (χ1n) is 6.89. The zero-order chi connectivity index (χ0) is 13.8. The molecule has 0 saturated heterocycles. The van der Waals surface area contributed by atoms with Crippen LogP contribution in [0.5, 0.6) is 0 Å². The average molecular weight is 263 g/mol. The molecule has 0 aliphatic rings. The molecule has 0 fully saturated rings. The van der Waals surface area contributed by atoms with Crippen molar-refractivity contribution in [1.29, 1.82) is 0 Å². The second kappa shape index (κ2) is 5.70. The van der Waals surface area contributed by atoms with E-state index in [1.165, 1.54) is 0 Å². The molecule has 0 unspecified atom stereocenters. The van der Waals surface area contributed by atoms with Crippen molar-refractivity contribution in [1.82, 2.24) is 9.97 Å². The lowest BCUT2D eigenvalue weighted by Crippen LogP contribution is -2.03. The van der Waals surface area contributed by atoms with Gasteiger partial charge in [-0.1, -0.05) is 31.2 Å². The van der Waals surface area contributed by atoms with Gasteiger partial charge in [-0.2, -0.15) is 0 Å². The molecule has 1 aromatic carbocycles. The molecular weight excluding hydrogens is 246 g/mol. The number of nitrogens with one attached hydrogen (secondary N) is 1. The van der Waals surface area contributed by atoms with Crippen LogP contribution in [0, 0.1) is 0 Å². The van der Waals surface area contributed by atoms with Gasteiger partial charge in [-0.25, -0.2) is 0 Å². The second-order valence-corrected chi connectivity index (χ2v) is 4.71. The van der Waals surface area contributed by atoms with Gasteiger partial charge in [-0.05, 0) is 30.7 Å². The van der Waals surface area contributed by atoms with Crippen molar-refractivity contribution in [2.45, 2.75) is 19.9 Å². The molecule has 3 nitrogen and oxygen atoms in total. The third-order valence-electron chi connectivity index (χ3n) is 3.32. The Bertz CT molecular complexity index is 708. The zero-order valence-electron chi connectivity index (χ0n) is 11.5. The zero-order valence-corrected chi connectivity index (χ0v) is 11.5. The second-order valence-electron chi connectivity index (χ2n) is 4.71. The molecule has 0 atom stereocenters. The summed E-state index contributed by atoms with van der Waals surface area (Å²) in [7, 11) is 0. The number of benzene rings is 1. The summed E-state index contributed by atoms with van der Waals surface area (Å²) in [6.07, 6.45) is 2.75. The number of rotatable bonds is 4. The summed E-state index contributed by atoms with van der Waals surface area (Å²) in [6, 6.07) is 16.3. The highest BCUT2D eigenvalue weighted by molar-refractivity contribution is 5.91. The first kappa shape index (κ1) is 12.6. The Kier molecular flexibility index (Phi) is 3.59. The average Bonchev–Trinajstić information content (AvgIpc) is 2.53. The van der Waals surface area contributed by atoms with Crippen molar-refractivity contribution in [3.05, 3.63) is 66.1 Å². The van der Waals surface area contributed by atoms with Crippen molar-refractivity contribution >= 4 is 16.6 Å². The summed E-state index contributed by atoms with van der Waals surface area (Å²) in [6.45, 7) is 2.84. The van der Waals surface area contributed by atoms with E-state index in [1.54, 1.807) is 0 Å². The smallest absolute Gasteiger partial charge is 0.0726 e. The molecule has 0 aliphatic heterocycles. The van der Waals surface area contributed by atoms with Gasteiger partial charge in [0.05, 0.1) is 17.8 Å². The van der Waals surface area contributed by atoms with Crippen molar-refractivity contribution in [2.24, 2.45) is 0 Å². The van der Waals surface area contributed by atoms with Crippen molar-refractivity contribution < 1.29 is 0 Å². The molecule has 0 amide bonds. The van der Waals surface area contributed by atoms with Crippen LogP contribution in [-0.2, 0) is 13.0 Å². The number of pyridine rings is 2. The molecule has 0 radical (unpaired) electrons. The lowest BCUT2D eigenvalue weighted by Gasteiger charge is -2.11. The van der Waals surface area contributed by atoms with Crippen LogP contribution in [0.4, 0.5) is 5.69 Å². The Balaban J connectivity index is 1.93. The van der Waals surface area contributed by atoms with E-state index < -0.39 is 0 Å². The lowest BCUT2D eigenvalue weighted by molar-refractivity contribution is 1.03. The maximum Gasteiger partial charge on any atom is 0.0726 e. The third-order valence-corrected chi connectivity index (χ3v) is 3.32. The highest BCUT2D eigenvalue weighted by Crippen LogP contribution is 2.23. The maximum atomic E-state index is 4.65. The van der Waals surface area contributed by atoms with Gasteiger partial charge in [-0.15, -0.1) is 0 Å². The van der Waals surface area contributed by atoms with E-state index in [9.17, 15) is 0 Å². The molecule has 1 N–H and O–H groups in total. The number of hydrogen-bond acceptors (Lipinski definition) is 3. The van der Waals surface area contributed by atoms with Gasteiger partial charge in [0.25, 0.3) is 0 Å². The van der Waals surface area contributed by atoms with Crippen LogP contribution in [-0.4, -0.2) is 9.97 Å². The fraction of sp³-hybridized carbons (Fsp3) is 0.176. The minimum Gasteiger partial charge on any atom is -0.379 e. The standard InChI is InChI=1S/C17H17N3/c1-2-13-11-17(15-8-3-4-9-16(15)20-13)19-12-14-7-5-6-10-18-14/h3-11H,2,12H2,1H3,(H,19,20). The highest BCUT2D eigenvalue weighted by atomic mass is 14.9. The summed E-state index contributed by atoms with van der Waals surface area (Å²) in [5.74, 6) is 0. The fourth-order valence-corrected chi connectivity index (χ4v) is 2.25. The quantitative estimate of drug-likeness (QED) is 0.778. The van der Waals surface area contributed by atoms with Crippen molar-refractivity contribution in [2.75, 3.05) is 5.32 Å². The lowest BCUT2D eigenvalue weighted by atomic mass is 10.1. The van der Waals surface area contributed by atoms with E-state index in [-0.39, 0.29) is 0 Å². The van der Waals surface area contributed by atoms with Crippen LogP contribution in [0.15, 0.2) is 54.7 Å². The van der Waals surface area contributed by atoms with Gasteiger partial charge in [0.2, 0.25) is 0 Å².